The van der Waals surface area contributed by atoms with Crippen LogP contribution in [0.5, 0.6) is 0 Å². The van der Waals surface area contributed by atoms with Gasteiger partial charge in [-0.05, 0) is 91.5 Å². The van der Waals surface area contributed by atoms with E-state index >= 15 is 0 Å². The molecule has 8 aromatic carbocycles. The van der Waals surface area contributed by atoms with Gasteiger partial charge in [-0.3, -0.25) is 0 Å². The minimum Gasteiger partial charge on any atom is -0.310 e. The first-order valence-corrected chi connectivity index (χ1v) is 17.4. The highest BCUT2D eigenvalue weighted by atomic mass is 15.1. The molecule has 0 saturated carbocycles. The molecule has 0 N–H and O–H groups in total. The average molecular weight is 636 g/mol. The number of benzene rings is 8. The van der Waals surface area contributed by atoms with Crippen molar-refractivity contribution in [1.29, 1.82) is 0 Å². The highest BCUT2D eigenvalue weighted by Crippen LogP contribution is 2.66. The molecule has 8 aromatic rings. The van der Waals surface area contributed by atoms with Crippen molar-refractivity contribution in [2.75, 3.05) is 4.90 Å². The molecule has 0 heterocycles. The fourth-order valence-electron chi connectivity index (χ4n) is 8.61. The Morgan fingerprint density at radius 1 is 0.320 bits per heavy atom. The molecule has 0 unspecified atom stereocenters. The van der Waals surface area contributed by atoms with Crippen molar-refractivity contribution in [2.45, 2.75) is 5.41 Å². The quantitative estimate of drug-likeness (QED) is 0.176. The summed E-state index contributed by atoms with van der Waals surface area (Å²) in [7, 11) is 0. The predicted molar refractivity (Wildman–Crippen MR) is 208 cm³/mol. The summed E-state index contributed by atoms with van der Waals surface area (Å²) in [6.07, 6.45) is 0. The molecule has 0 aromatic heterocycles. The van der Waals surface area contributed by atoms with Gasteiger partial charge < -0.3 is 4.90 Å². The van der Waals surface area contributed by atoms with Crippen LogP contribution in [0.4, 0.5) is 17.1 Å². The molecule has 0 saturated heterocycles. The second-order valence-electron chi connectivity index (χ2n) is 13.3. The SMILES string of the molecule is c1ccc(-c2ccc(N(c3ccc(-c4ccccc4)cc3)c3cccc4c3-c3cccc5c3[C@@]4(c3ccccc3)c3ccccc3-5)cc2)cc1. The van der Waals surface area contributed by atoms with Crippen molar-refractivity contribution in [3.8, 4) is 44.5 Å². The van der Waals surface area contributed by atoms with E-state index < -0.39 is 5.41 Å². The summed E-state index contributed by atoms with van der Waals surface area (Å²) in [6, 6.07) is 73.3. The maximum atomic E-state index is 2.45. The van der Waals surface area contributed by atoms with Crippen molar-refractivity contribution in [1.82, 2.24) is 0 Å². The van der Waals surface area contributed by atoms with E-state index in [0.29, 0.717) is 0 Å². The number of hydrogen-bond donors (Lipinski definition) is 0. The van der Waals surface area contributed by atoms with E-state index in [-0.39, 0.29) is 0 Å². The van der Waals surface area contributed by atoms with Crippen LogP contribution >= 0.6 is 0 Å². The Hall–Kier alpha value is -6.44. The number of anilines is 3. The Balaban J connectivity index is 1.22. The Morgan fingerprint density at radius 3 is 1.40 bits per heavy atom. The van der Waals surface area contributed by atoms with Gasteiger partial charge in [-0.2, -0.15) is 0 Å². The molecule has 1 atom stereocenters. The van der Waals surface area contributed by atoms with Crippen LogP contribution in [0.25, 0.3) is 44.5 Å². The van der Waals surface area contributed by atoms with Crippen LogP contribution in [-0.2, 0) is 5.41 Å². The monoisotopic (exact) mass is 635 g/mol. The van der Waals surface area contributed by atoms with E-state index in [1.807, 2.05) is 0 Å². The lowest BCUT2D eigenvalue weighted by atomic mass is 9.70. The third-order valence-electron chi connectivity index (χ3n) is 10.7. The number of rotatable bonds is 6. The zero-order valence-electron chi connectivity index (χ0n) is 27.5. The van der Waals surface area contributed by atoms with E-state index in [9.17, 15) is 0 Å². The molecular formula is C49H33N. The summed E-state index contributed by atoms with van der Waals surface area (Å²) in [6.45, 7) is 0. The maximum absolute atomic E-state index is 2.45. The largest absolute Gasteiger partial charge is 0.310 e. The van der Waals surface area contributed by atoms with Crippen LogP contribution in [0.15, 0.2) is 200 Å². The summed E-state index contributed by atoms with van der Waals surface area (Å²) in [5, 5.41) is 0. The van der Waals surface area contributed by atoms with Crippen LogP contribution < -0.4 is 4.90 Å². The molecule has 50 heavy (non-hydrogen) atoms. The second-order valence-corrected chi connectivity index (χ2v) is 13.3. The van der Waals surface area contributed by atoms with Gasteiger partial charge in [0.25, 0.3) is 0 Å². The molecule has 10 rings (SSSR count). The van der Waals surface area contributed by atoms with Crippen molar-refractivity contribution < 1.29 is 0 Å². The molecular weight excluding hydrogens is 603 g/mol. The fraction of sp³-hybridized carbons (Fsp3) is 0.0204. The van der Waals surface area contributed by atoms with Crippen LogP contribution in [0, 0.1) is 0 Å². The molecule has 0 radical (unpaired) electrons. The Morgan fingerprint density at radius 2 is 0.780 bits per heavy atom. The number of nitrogens with zero attached hydrogens (tertiary/aromatic N) is 1. The lowest BCUT2D eigenvalue weighted by molar-refractivity contribution is 0.792. The molecule has 0 bridgehead atoms. The Kier molecular flexibility index (Phi) is 6.47. The predicted octanol–water partition coefficient (Wildman–Crippen LogP) is 12.8. The van der Waals surface area contributed by atoms with Gasteiger partial charge in [0.05, 0.1) is 11.1 Å². The van der Waals surface area contributed by atoms with Gasteiger partial charge in [0.2, 0.25) is 0 Å². The molecule has 1 nitrogen and oxygen atoms in total. The summed E-state index contributed by atoms with van der Waals surface area (Å²) < 4.78 is 0. The molecule has 0 amide bonds. The topological polar surface area (TPSA) is 3.24 Å². The summed E-state index contributed by atoms with van der Waals surface area (Å²) >= 11 is 0. The van der Waals surface area contributed by atoms with E-state index in [1.165, 1.54) is 72.4 Å². The Bertz CT molecular complexity index is 2420. The standard InChI is InChI=1S/C49H33N/c1-4-14-34(15-5-1)36-26-30-39(31-27-36)50(40-32-28-37(29-33-40)35-16-6-2-7-17-35)46-25-13-24-45-47(46)43-22-12-21-42-41-20-10-11-23-44(41)49(45,48(42)43)38-18-8-3-9-19-38/h1-33H/t49-/m0/s1. The Labute approximate surface area is 293 Å². The van der Waals surface area contributed by atoms with Gasteiger partial charge in [-0.1, -0.05) is 170 Å². The zero-order valence-corrected chi connectivity index (χ0v) is 27.5. The van der Waals surface area contributed by atoms with Crippen LogP contribution in [-0.4, -0.2) is 0 Å². The third-order valence-corrected chi connectivity index (χ3v) is 10.7. The van der Waals surface area contributed by atoms with Gasteiger partial charge in [-0.15, -0.1) is 0 Å². The average Bonchev–Trinajstić information content (AvgIpc) is 3.68. The van der Waals surface area contributed by atoms with Crippen molar-refractivity contribution in [2.24, 2.45) is 0 Å². The first kappa shape index (κ1) is 28.6. The molecule has 2 aliphatic rings. The van der Waals surface area contributed by atoms with Gasteiger partial charge in [0.1, 0.15) is 0 Å². The van der Waals surface area contributed by atoms with Crippen molar-refractivity contribution in [3.63, 3.8) is 0 Å². The van der Waals surface area contributed by atoms with Gasteiger partial charge in [-0.25, -0.2) is 0 Å². The van der Waals surface area contributed by atoms with E-state index in [0.717, 1.165) is 11.4 Å². The zero-order chi connectivity index (χ0) is 33.1. The third kappa shape index (κ3) is 4.14. The highest BCUT2D eigenvalue weighted by molar-refractivity contribution is 6.04. The minimum absolute atomic E-state index is 0.394. The van der Waals surface area contributed by atoms with Gasteiger partial charge in [0.15, 0.2) is 0 Å². The summed E-state index contributed by atoms with van der Waals surface area (Å²) in [5.41, 5.74) is 18.5. The molecule has 2 aliphatic carbocycles. The molecule has 234 valence electrons. The second kappa shape index (κ2) is 11.3. The molecule has 0 fully saturated rings. The lowest BCUT2D eigenvalue weighted by Crippen LogP contribution is -2.26. The minimum atomic E-state index is -0.394. The van der Waals surface area contributed by atoms with Gasteiger partial charge in [0, 0.05) is 16.9 Å². The normalized spacial score (nSPS) is 14.9. The lowest BCUT2D eigenvalue weighted by Gasteiger charge is -2.32. The van der Waals surface area contributed by atoms with E-state index in [1.54, 1.807) is 0 Å². The van der Waals surface area contributed by atoms with E-state index in [4.69, 9.17) is 0 Å². The van der Waals surface area contributed by atoms with E-state index in [2.05, 4.69) is 205 Å². The summed E-state index contributed by atoms with van der Waals surface area (Å²) in [4.78, 5) is 2.45. The first-order valence-electron chi connectivity index (χ1n) is 17.4. The highest BCUT2D eigenvalue weighted by Gasteiger charge is 2.53. The molecule has 1 heteroatoms. The van der Waals surface area contributed by atoms with Crippen molar-refractivity contribution in [3.05, 3.63) is 222 Å². The van der Waals surface area contributed by atoms with Crippen molar-refractivity contribution >= 4 is 17.1 Å². The molecule has 0 aliphatic heterocycles. The van der Waals surface area contributed by atoms with Crippen LogP contribution in [0.1, 0.15) is 22.3 Å². The smallest absolute Gasteiger partial charge is 0.0726 e. The number of hydrogen-bond acceptors (Lipinski definition) is 1. The molecule has 0 spiro atoms. The summed E-state index contributed by atoms with van der Waals surface area (Å²) in [5.74, 6) is 0. The maximum Gasteiger partial charge on any atom is 0.0726 e. The number of fused-ring (bicyclic) bond motifs is 6. The van der Waals surface area contributed by atoms with Gasteiger partial charge >= 0.3 is 0 Å². The fourth-order valence-corrected chi connectivity index (χ4v) is 8.61. The first-order chi connectivity index (χ1) is 24.8. The van der Waals surface area contributed by atoms with Crippen LogP contribution in [0.2, 0.25) is 0 Å². The van der Waals surface area contributed by atoms with Crippen LogP contribution in [0.3, 0.4) is 0 Å².